The second-order valence-electron chi connectivity index (χ2n) is 12.3. The molecule has 44 heavy (non-hydrogen) atoms. The van der Waals surface area contributed by atoms with Crippen molar-refractivity contribution in [1.82, 2.24) is 30.2 Å². The van der Waals surface area contributed by atoms with Crippen molar-refractivity contribution in [2.45, 2.75) is 62.1 Å². The average Bonchev–Trinajstić information content (AvgIpc) is 3.73. The minimum atomic E-state index is -4.90. The average molecular weight is 633 g/mol. The number of piperazine rings is 1. The fraction of sp³-hybridized carbons (Fsp3) is 0.517. The fourth-order valence-corrected chi connectivity index (χ4v) is 8.48. The summed E-state index contributed by atoms with van der Waals surface area (Å²) in [7, 11) is 0. The maximum absolute atomic E-state index is 16.7. The third-order valence-electron chi connectivity index (χ3n) is 9.54. The molecular weight excluding hydrogens is 603 g/mol. The molecule has 0 aliphatic carbocycles. The number of aromatic nitrogens is 4. The number of halogens is 5. The summed E-state index contributed by atoms with van der Waals surface area (Å²) in [5.74, 6) is -1.09. The standard InChI is InChI=1S/C29H29F5N8OS/c30-14-7-28(4-1-5-42(28)9-14)13-43-27-39-24-17(25(40-27)41-10-15-2-3-16(11-41)37-15)6-19(29(32,33)34)21(22(24)31)18-12-44-20-8-36-26(35)38-23(18)20/h6,8,12,14-16,37H,1-5,7,9-11,13H2,(H2,35,36,38)/t14-,15?,16?,28+/m1/s1. The molecule has 0 radical (unpaired) electrons. The summed E-state index contributed by atoms with van der Waals surface area (Å²) in [6.45, 7) is 2.19. The number of rotatable bonds is 5. The molecule has 4 aromatic rings. The molecule has 0 spiro atoms. The van der Waals surface area contributed by atoms with E-state index in [9.17, 15) is 17.6 Å². The minimum Gasteiger partial charge on any atom is -0.461 e. The summed E-state index contributed by atoms with van der Waals surface area (Å²) in [6.07, 6.45) is -0.635. The van der Waals surface area contributed by atoms with Crippen LogP contribution in [-0.2, 0) is 6.18 Å². The minimum absolute atomic E-state index is 0.0471. The smallest absolute Gasteiger partial charge is 0.417 e. The molecule has 4 fully saturated rings. The number of nitrogens with two attached hydrogens (primary N) is 1. The van der Waals surface area contributed by atoms with Crippen molar-refractivity contribution in [1.29, 1.82) is 0 Å². The van der Waals surface area contributed by atoms with Crippen LogP contribution < -0.4 is 20.7 Å². The highest BCUT2D eigenvalue weighted by Gasteiger charge is 2.49. The van der Waals surface area contributed by atoms with Gasteiger partial charge in [0, 0.05) is 60.0 Å². The third kappa shape index (κ3) is 4.53. The van der Waals surface area contributed by atoms with Crippen molar-refractivity contribution in [3.05, 3.63) is 29.0 Å². The van der Waals surface area contributed by atoms with Gasteiger partial charge in [-0.25, -0.2) is 18.7 Å². The predicted molar refractivity (Wildman–Crippen MR) is 156 cm³/mol. The summed E-state index contributed by atoms with van der Waals surface area (Å²) in [4.78, 5) is 21.0. The molecule has 0 saturated carbocycles. The van der Waals surface area contributed by atoms with E-state index in [4.69, 9.17) is 10.5 Å². The highest BCUT2D eigenvalue weighted by atomic mass is 32.1. The van der Waals surface area contributed by atoms with Gasteiger partial charge in [0.25, 0.3) is 0 Å². The van der Waals surface area contributed by atoms with Crippen molar-refractivity contribution in [3.63, 3.8) is 0 Å². The molecule has 0 amide bonds. The molecule has 3 aromatic heterocycles. The lowest BCUT2D eigenvalue weighted by molar-refractivity contribution is -0.137. The van der Waals surface area contributed by atoms with Gasteiger partial charge in [0.05, 0.1) is 27.5 Å². The zero-order valence-corrected chi connectivity index (χ0v) is 24.3. The van der Waals surface area contributed by atoms with Gasteiger partial charge in [-0.2, -0.15) is 23.1 Å². The second-order valence-corrected chi connectivity index (χ2v) is 13.2. The Hall–Kier alpha value is -3.43. The van der Waals surface area contributed by atoms with Crippen LogP contribution in [0.5, 0.6) is 6.01 Å². The van der Waals surface area contributed by atoms with Gasteiger partial charge in [0.2, 0.25) is 5.95 Å². The zero-order chi connectivity index (χ0) is 30.4. The maximum Gasteiger partial charge on any atom is 0.417 e. The monoisotopic (exact) mass is 632 g/mol. The Morgan fingerprint density at radius 1 is 1.11 bits per heavy atom. The van der Waals surface area contributed by atoms with Crippen LogP contribution in [0.15, 0.2) is 17.6 Å². The van der Waals surface area contributed by atoms with E-state index in [0.29, 0.717) is 30.8 Å². The van der Waals surface area contributed by atoms with Crippen molar-refractivity contribution < 1.29 is 26.7 Å². The van der Waals surface area contributed by atoms with Gasteiger partial charge in [-0.1, -0.05) is 0 Å². The van der Waals surface area contributed by atoms with Gasteiger partial charge in [-0.3, -0.25) is 4.90 Å². The highest BCUT2D eigenvalue weighted by Crippen LogP contribution is 2.47. The number of hydrogen-bond acceptors (Lipinski definition) is 10. The number of nitrogens with one attached hydrogen (secondary N) is 1. The Morgan fingerprint density at radius 3 is 2.68 bits per heavy atom. The first-order valence-electron chi connectivity index (χ1n) is 14.7. The number of ether oxygens (including phenoxy) is 1. The van der Waals surface area contributed by atoms with E-state index < -0.39 is 34.8 Å². The number of nitrogens with zero attached hydrogens (tertiary/aromatic N) is 6. The van der Waals surface area contributed by atoms with Gasteiger partial charge < -0.3 is 20.7 Å². The van der Waals surface area contributed by atoms with Crippen molar-refractivity contribution >= 4 is 44.2 Å². The molecule has 4 aliphatic heterocycles. The molecular formula is C29H29F5N8OS. The van der Waals surface area contributed by atoms with Crippen LogP contribution >= 0.6 is 11.3 Å². The first-order chi connectivity index (χ1) is 21.1. The van der Waals surface area contributed by atoms with E-state index in [1.807, 2.05) is 4.90 Å². The SMILES string of the molecule is Nc1ncc2scc(-c3c(C(F)(F)F)cc4c(N5CC6CCC(C5)N6)nc(OC[C@@]56CCCN5C[C@H](F)C6)nc4c3F)c2n1. The van der Waals surface area contributed by atoms with E-state index in [1.165, 1.54) is 11.6 Å². The fourth-order valence-electron chi connectivity index (χ4n) is 7.62. The molecule has 2 bridgehead atoms. The largest absolute Gasteiger partial charge is 0.461 e. The topological polar surface area (TPSA) is 105 Å². The number of nitrogen functional groups attached to an aromatic ring is 1. The van der Waals surface area contributed by atoms with E-state index in [1.54, 1.807) is 0 Å². The number of anilines is 2. The van der Waals surface area contributed by atoms with Crippen LogP contribution in [0.2, 0.25) is 0 Å². The lowest BCUT2D eigenvalue weighted by Crippen LogP contribution is -2.51. The molecule has 1 aromatic carbocycles. The molecule has 15 heteroatoms. The maximum atomic E-state index is 16.7. The number of benzene rings is 1. The van der Waals surface area contributed by atoms with Gasteiger partial charge in [-0.05, 0) is 38.3 Å². The van der Waals surface area contributed by atoms with E-state index in [-0.39, 0.29) is 58.5 Å². The molecule has 2 unspecified atom stereocenters. The lowest BCUT2D eigenvalue weighted by Gasteiger charge is -2.35. The Bertz CT molecular complexity index is 1770. The van der Waals surface area contributed by atoms with Crippen LogP contribution in [0.1, 0.15) is 37.7 Å². The molecule has 232 valence electrons. The summed E-state index contributed by atoms with van der Waals surface area (Å²) in [6, 6.07) is 1.07. The number of thiophene rings is 1. The van der Waals surface area contributed by atoms with Crippen molar-refractivity contribution in [2.24, 2.45) is 0 Å². The molecule has 4 atom stereocenters. The van der Waals surface area contributed by atoms with Crippen LogP contribution in [0.4, 0.5) is 33.7 Å². The molecule has 7 heterocycles. The summed E-state index contributed by atoms with van der Waals surface area (Å²) in [5, 5.41) is 4.88. The van der Waals surface area contributed by atoms with Gasteiger partial charge in [-0.15, -0.1) is 11.3 Å². The van der Waals surface area contributed by atoms with E-state index in [2.05, 4.69) is 30.2 Å². The Kier molecular flexibility index (Phi) is 6.41. The molecule has 8 rings (SSSR count). The number of hydrogen-bond donors (Lipinski definition) is 2. The van der Waals surface area contributed by atoms with E-state index in [0.717, 1.165) is 49.6 Å². The normalized spacial score (nSPS) is 27.1. The predicted octanol–water partition coefficient (Wildman–Crippen LogP) is 4.94. The number of alkyl halides is 4. The van der Waals surface area contributed by atoms with Gasteiger partial charge in [0.1, 0.15) is 24.1 Å². The van der Waals surface area contributed by atoms with Gasteiger partial charge >= 0.3 is 12.2 Å². The van der Waals surface area contributed by atoms with Crippen molar-refractivity contribution in [2.75, 3.05) is 43.4 Å². The number of fused-ring (bicyclic) bond motifs is 5. The lowest BCUT2D eigenvalue weighted by atomic mass is 9.95. The highest BCUT2D eigenvalue weighted by molar-refractivity contribution is 7.17. The molecule has 3 N–H and O–H groups in total. The first kappa shape index (κ1) is 28.1. The Labute approximate surface area is 252 Å². The van der Waals surface area contributed by atoms with Crippen molar-refractivity contribution in [3.8, 4) is 17.1 Å². The first-order valence-corrected chi connectivity index (χ1v) is 15.6. The molecule has 9 nitrogen and oxygen atoms in total. The Balaban J connectivity index is 1.31. The quantitative estimate of drug-likeness (QED) is 0.296. The van der Waals surface area contributed by atoms with Crippen LogP contribution in [0.25, 0.3) is 32.2 Å². The van der Waals surface area contributed by atoms with E-state index >= 15 is 4.39 Å². The second kappa shape index (κ2) is 10.0. The molecule has 4 aliphatic rings. The van der Waals surface area contributed by atoms with Crippen LogP contribution in [0, 0.1) is 5.82 Å². The summed E-state index contributed by atoms with van der Waals surface area (Å²) in [5.41, 5.74) is 3.22. The van der Waals surface area contributed by atoms with Crippen LogP contribution in [0.3, 0.4) is 0 Å². The molecule has 4 saturated heterocycles. The third-order valence-corrected chi connectivity index (χ3v) is 10.5. The summed E-state index contributed by atoms with van der Waals surface area (Å²) >= 11 is 1.10. The Morgan fingerprint density at radius 2 is 1.91 bits per heavy atom. The van der Waals surface area contributed by atoms with Gasteiger partial charge in [0.15, 0.2) is 5.82 Å². The summed E-state index contributed by atoms with van der Waals surface area (Å²) < 4.78 is 81.9. The van der Waals surface area contributed by atoms with Crippen LogP contribution in [-0.4, -0.2) is 81.4 Å². The zero-order valence-electron chi connectivity index (χ0n) is 23.5.